The van der Waals surface area contributed by atoms with E-state index in [1.54, 1.807) is 31.2 Å². The van der Waals surface area contributed by atoms with Crippen molar-refractivity contribution in [2.45, 2.75) is 13.7 Å². The molecule has 7 nitrogen and oxygen atoms in total. The Labute approximate surface area is 108 Å². The molecule has 2 rings (SSSR count). The summed E-state index contributed by atoms with van der Waals surface area (Å²) in [4.78, 5) is 23.2. The second kappa shape index (κ2) is 6.05. The zero-order chi connectivity index (χ0) is 13.7. The second-order valence-corrected chi connectivity index (χ2v) is 3.69. The molecule has 0 atom stereocenters. The average molecular weight is 263 g/mol. The minimum absolute atomic E-state index is 0.147. The average Bonchev–Trinajstić information content (AvgIpc) is 2.44. The lowest BCUT2D eigenvalue weighted by Crippen LogP contribution is -2.27. The lowest BCUT2D eigenvalue weighted by Gasteiger charge is -2.06. The molecule has 0 saturated heterocycles. The van der Waals surface area contributed by atoms with E-state index in [0.717, 1.165) is 4.68 Å². The number of rotatable bonds is 5. The molecule has 0 unspecified atom stereocenters. The van der Waals surface area contributed by atoms with Crippen molar-refractivity contribution in [1.29, 1.82) is 0 Å². The molecular weight excluding hydrogens is 250 g/mol. The molecule has 0 aliphatic carbocycles. The van der Waals surface area contributed by atoms with E-state index < -0.39 is 5.97 Å². The molecule has 2 aromatic rings. The lowest BCUT2D eigenvalue weighted by molar-refractivity contribution is -0.153. The molecule has 19 heavy (non-hydrogen) atoms. The highest BCUT2D eigenvalue weighted by Crippen LogP contribution is 2.03. The van der Waals surface area contributed by atoms with Crippen molar-refractivity contribution < 1.29 is 14.3 Å². The van der Waals surface area contributed by atoms with E-state index in [1.807, 2.05) is 0 Å². The van der Waals surface area contributed by atoms with Crippen LogP contribution in [-0.2, 0) is 21.0 Å². The molecule has 1 aromatic carbocycles. The van der Waals surface area contributed by atoms with E-state index in [-0.39, 0.29) is 18.9 Å². The summed E-state index contributed by atoms with van der Waals surface area (Å²) in [6, 6.07) is 6.83. The minimum atomic E-state index is -0.552. The molecule has 7 heteroatoms. The van der Waals surface area contributed by atoms with Gasteiger partial charge in [0.1, 0.15) is 12.1 Å². The van der Waals surface area contributed by atoms with Gasteiger partial charge < -0.3 is 9.47 Å². The molecule has 0 radical (unpaired) electrons. The van der Waals surface area contributed by atoms with Gasteiger partial charge in [-0.2, -0.15) is 4.68 Å². The summed E-state index contributed by atoms with van der Waals surface area (Å²) >= 11 is 0. The number of carbonyl (C=O) groups is 1. The number of carbonyl (C=O) groups excluding carboxylic acids is 1. The Bertz CT molecular complexity index is 638. The molecule has 0 spiro atoms. The summed E-state index contributed by atoms with van der Waals surface area (Å²) < 4.78 is 10.7. The first-order chi connectivity index (χ1) is 9.22. The molecular formula is C12H13N3O4. The predicted octanol–water partition coefficient (Wildman–Crippen LogP) is 0.329. The summed E-state index contributed by atoms with van der Waals surface area (Å²) in [7, 11) is 0. The molecule has 0 aliphatic heterocycles. The van der Waals surface area contributed by atoms with Crippen molar-refractivity contribution in [3.8, 4) is 0 Å². The third kappa shape index (κ3) is 3.14. The molecule has 1 heterocycles. The number of aromatic nitrogens is 3. The molecule has 0 aliphatic rings. The van der Waals surface area contributed by atoms with Crippen LogP contribution in [0.1, 0.15) is 6.92 Å². The normalized spacial score (nSPS) is 10.6. The van der Waals surface area contributed by atoms with Crippen molar-refractivity contribution in [2.75, 3.05) is 13.2 Å². The Morgan fingerprint density at radius 1 is 1.37 bits per heavy atom. The van der Waals surface area contributed by atoms with Crippen LogP contribution in [0.2, 0.25) is 0 Å². The smallest absolute Gasteiger partial charge is 0.333 e. The van der Waals surface area contributed by atoms with Crippen LogP contribution < -0.4 is 5.56 Å². The zero-order valence-corrected chi connectivity index (χ0v) is 10.4. The van der Waals surface area contributed by atoms with Gasteiger partial charge in [-0.25, -0.2) is 4.79 Å². The third-order valence-corrected chi connectivity index (χ3v) is 2.40. The highest BCUT2D eigenvalue weighted by atomic mass is 16.6. The summed E-state index contributed by atoms with van der Waals surface area (Å²) in [5, 5.41) is 8.00. The number of hydrogen-bond donors (Lipinski definition) is 0. The van der Waals surface area contributed by atoms with Gasteiger partial charge in [0.2, 0.25) is 0 Å². The second-order valence-electron chi connectivity index (χ2n) is 3.69. The van der Waals surface area contributed by atoms with Crippen LogP contribution in [0.25, 0.3) is 10.9 Å². The molecule has 0 bridgehead atoms. The van der Waals surface area contributed by atoms with E-state index in [1.165, 1.54) is 0 Å². The van der Waals surface area contributed by atoms with Crippen LogP contribution in [0.5, 0.6) is 0 Å². The number of nitrogens with zero attached hydrogens (tertiary/aromatic N) is 3. The fraction of sp³-hybridized carbons (Fsp3) is 0.333. The largest absolute Gasteiger partial charge is 0.440 e. The number of esters is 1. The van der Waals surface area contributed by atoms with Crippen molar-refractivity contribution in [2.24, 2.45) is 0 Å². The van der Waals surface area contributed by atoms with Crippen LogP contribution in [0.3, 0.4) is 0 Å². The maximum absolute atomic E-state index is 12.0. The Morgan fingerprint density at radius 3 is 2.95 bits per heavy atom. The maximum Gasteiger partial charge on any atom is 0.333 e. The Balaban J connectivity index is 2.11. The van der Waals surface area contributed by atoms with Crippen molar-refractivity contribution >= 4 is 16.9 Å². The first-order valence-electron chi connectivity index (χ1n) is 5.78. The maximum atomic E-state index is 12.0. The molecule has 100 valence electrons. The summed E-state index contributed by atoms with van der Waals surface area (Å²) in [6.45, 7) is 1.77. The number of benzene rings is 1. The SMILES string of the molecule is CCOCC(=O)OCn1nnc2ccccc2c1=O. The fourth-order valence-electron chi connectivity index (χ4n) is 1.47. The van der Waals surface area contributed by atoms with Gasteiger partial charge in [-0.1, -0.05) is 17.3 Å². The lowest BCUT2D eigenvalue weighted by atomic mass is 10.2. The van der Waals surface area contributed by atoms with E-state index >= 15 is 0 Å². The van der Waals surface area contributed by atoms with Gasteiger partial charge >= 0.3 is 5.97 Å². The Kier molecular flexibility index (Phi) is 4.19. The molecule has 0 N–H and O–H groups in total. The first-order valence-corrected chi connectivity index (χ1v) is 5.78. The third-order valence-electron chi connectivity index (χ3n) is 2.40. The zero-order valence-electron chi connectivity index (χ0n) is 10.4. The van der Waals surface area contributed by atoms with Crippen LogP contribution in [0.15, 0.2) is 29.1 Å². The van der Waals surface area contributed by atoms with E-state index in [2.05, 4.69) is 10.3 Å². The van der Waals surface area contributed by atoms with Gasteiger partial charge in [0.05, 0.1) is 5.39 Å². The van der Waals surface area contributed by atoms with Crippen molar-refractivity contribution in [3.05, 3.63) is 34.6 Å². The topological polar surface area (TPSA) is 83.3 Å². The highest BCUT2D eigenvalue weighted by Gasteiger charge is 2.07. The summed E-state index contributed by atoms with van der Waals surface area (Å²) in [6.07, 6.45) is 0. The monoisotopic (exact) mass is 263 g/mol. The van der Waals surface area contributed by atoms with E-state index in [9.17, 15) is 9.59 Å². The first kappa shape index (κ1) is 13.2. The molecule has 0 saturated carbocycles. The van der Waals surface area contributed by atoms with Crippen molar-refractivity contribution in [3.63, 3.8) is 0 Å². The van der Waals surface area contributed by atoms with Gasteiger partial charge in [-0.15, -0.1) is 5.10 Å². The molecule has 1 aromatic heterocycles. The van der Waals surface area contributed by atoms with Crippen LogP contribution >= 0.6 is 0 Å². The predicted molar refractivity (Wildman–Crippen MR) is 66.4 cm³/mol. The van der Waals surface area contributed by atoms with Gasteiger partial charge in [0, 0.05) is 6.61 Å². The standard InChI is InChI=1S/C12H13N3O4/c1-2-18-7-11(16)19-8-15-12(17)9-5-3-4-6-10(9)13-14-15/h3-6H,2,7-8H2,1H3. The van der Waals surface area contributed by atoms with Gasteiger partial charge in [0.25, 0.3) is 5.56 Å². The summed E-state index contributed by atoms with van der Waals surface area (Å²) in [5.74, 6) is -0.552. The minimum Gasteiger partial charge on any atom is -0.440 e. The highest BCUT2D eigenvalue weighted by molar-refractivity contribution is 5.76. The van der Waals surface area contributed by atoms with Crippen molar-refractivity contribution in [1.82, 2.24) is 15.0 Å². The van der Waals surface area contributed by atoms with Crippen LogP contribution in [0, 0.1) is 0 Å². The number of fused-ring (bicyclic) bond motifs is 1. The van der Waals surface area contributed by atoms with Crippen LogP contribution in [-0.4, -0.2) is 34.2 Å². The quantitative estimate of drug-likeness (QED) is 0.723. The van der Waals surface area contributed by atoms with E-state index in [4.69, 9.17) is 9.47 Å². The number of hydrogen-bond acceptors (Lipinski definition) is 6. The Hall–Kier alpha value is -2.28. The molecule has 0 fully saturated rings. The fourth-order valence-corrected chi connectivity index (χ4v) is 1.47. The van der Waals surface area contributed by atoms with E-state index in [0.29, 0.717) is 17.5 Å². The van der Waals surface area contributed by atoms with Gasteiger partial charge in [-0.3, -0.25) is 4.79 Å². The Morgan fingerprint density at radius 2 is 2.16 bits per heavy atom. The van der Waals surface area contributed by atoms with Gasteiger partial charge in [-0.05, 0) is 19.1 Å². The molecule has 0 amide bonds. The summed E-state index contributed by atoms with van der Waals surface area (Å²) in [5.41, 5.74) is 0.152. The van der Waals surface area contributed by atoms with Crippen LogP contribution in [0.4, 0.5) is 0 Å². The van der Waals surface area contributed by atoms with Gasteiger partial charge in [0.15, 0.2) is 6.73 Å². The number of ether oxygens (including phenoxy) is 2.